The zero-order valence-electron chi connectivity index (χ0n) is 24.4. The topological polar surface area (TPSA) is 235 Å². The van der Waals surface area contributed by atoms with E-state index >= 15 is 0 Å². The largest absolute Gasteiger partial charge is 0.388 e. The molecule has 1 saturated heterocycles. The summed E-state index contributed by atoms with van der Waals surface area (Å²) in [5, 5.41) is 44.1. The van der Waals surface area contributed by atoms with E-state index < -0.39 is 58.2 Å². The smallest absolute Gasteiger partial charge is 0.362 e. The predicted molar refractivity (Wildman–Crippen MR) is 158 cm³/mol. The fourth-order valence-electron chi connectivity index (χ4n) is 4.33. The van der Waals surface area contributed by atoms with Crippen LogP contribution in [0.5, 0.6) is 0 Å². The number of tetrazole rings is 1. The summed E-state index contributed by atoms with van der Waals surface area (Å²) >= 11 is 0. The Balaban J connectivity index is 1.28. The molecule has 0 radical (unpaired) electrons. The van der Waals surface area contributed by atoms with Gasteiger partial charge in [0.2, 0.25) is 5.82 Å². The molecule has 1 amide bonds. The predicted octanol–water partition coefficient (Wildman–Crippen LogP) is 0.278. The number of benzene rings is 2. The Hall–Kier alpha value is -4.31. The first-order valence-electron chi connectivity index (χ1n) is 14.0. The first-order valence-corrected chi connectivity index (χ1v) is 15.4. The molecular formula is C28H33N7O9S. The van der Waals surface area contributed by atoms with Crippen LogP contribution in [0.15, 0.2) is 48.5 Å². The van der Waals surface area contributed by atoms with Crippen molar-refractivity contribution in [1.82, 2.24) is 24.9 Å². The molecule has 4 rings (SSSR count). The number of carbonyl (C=O) groups is 1. The van der Waals surface area contributed by atoms with E-state index in [2.05, 4.69) is 27.3 Å². The number of nitro groups is 1. The van der Waals surface area contributed by atoms with Crippen LogP contribution in [0.2, 0.25) is 0 Å². The number of aromatic nitrogens is 4. The number of nitrogens with two attached hydrogens (primary N) is 1. The Morgan fingerprint density at radius 2 is 1.87 bits per heavy atom. The average Bonchev–Trinajstić information content (AvgIpc) is 3.61. The number of rotatable bonds is 12. The van der Waals surface area contributed by atoms with Gasteiger partial charge in [0.05, 0.1) is 30.2 Å². The number of aryl methyl sites for hydroxylation is 1. The molecule has 1 aliphatic rings. The van der Waals surface area contributed by atoms with Crippen molar-refractivity contribution in [3.05, 3.63) is 69.8 Å². The second-order valence-electron chi connectivity index (χ2n) is 10.4. The van der Waals surface area contributed by atoms with Gasteiger partial charge in [0.15, 0.2) is 0 Å². The van der Waals surface area contributed by atoms with Crippen LogP contribution >= 0.6 is 0 Å². The summed E-state index contributed by atoms with van der Waals surface area (Å²) in [6, 6.07) is 12.0. The molecule has 1 fully saturated rings. The van der Waals surface area contributed by atoms with Crippen molar-refractivity contribution in [3.63, 3.8) is 0 Å². The van der Waals surface area contributed by atoms with Gasteiger partial charge < -0.3 is 20.7 Å². The number of nitrogens with one attached hydrogen (secondary N) is 1. The molecule has 0 saturated carbocycles. The third kappa shape index (κ3) is 8.88. The molecule has 0 spiro atoms. The summed E-state index contributed by atoms with van der Waals surface area (Å²) < 4.78 is 36.6. The highest BCUT2D eigenvalue weighted by Gasteiger charge is 2.43. The van der Waals surface area contributed by atoms with Gasteiger partial charge >= 0.3 is 10.3 Å². The Bertz CT molecular complexity index is 1670. The van der Waals surface area contributed by atoms with Crippen molar-refractivity contribution in [3.8, 4) is 23.2 Å². The number of aliphatic hydroxyl groups excluding tert-OH is 2. The fourth-order valence-corrected chi connectivity index (χ4v) is 5.09. The van der Waals surface area contributed by atoms with Gasteiger partial charge in [-0.1, -0.05) is 38.2 Å². The standard InChI is InChI=1S/C28H33N7O9S/c1-3-17(2)24(29)28(38)32-45(41,42)43-16-23-26(37)25(36)22(44-23)13-14-34-31-27(30-33-34)20-11-9-18(10-12-20)7-8-19-5-4-6-21(15-19)35(39)40/h4-6,9-12,15,17,22-26,36-37H,3,13-14,16,29H2,1-2H3,(H,32,38)/t17-,22-,23+,24-,25-,26+/m0/s1. The molecule has 2 aromatic carbocycles. The molecule has 0 bridgehead atoms. The van der Waals surface area contributed by atoms with E-state index in [-0.39, 0.29) is 24.6 Å². The Labute approximate surface area is 258 Å². The van der Waals surface area contributed by atoms with Gasteiger partial charge in [0.1, 0.15) is 18.3 Å². The number of carbonyl (C=O) groups excluding carboxylic acids is 1. The van der Waals surface area contributed by atoms with Crippen LogP contribution < -0.4 is 10.5 Å². The molecule has 3 aromatic rings. The molecule has 17 heteroatoms. The van der Waals surface area contributed by atoms with Gasteiger partial charge in [-0.15, -0.1) is 10.2 Å². The molecule has 1 aliphatic heterocycles. The molecule has 16 nitrogen and oxygen atoms in total. The first-order chi connectivity index (χ1) is 21.4. The Morgan fingerprint density at radius 1 is 1.18 bits per heavy atom. The summed E-state index contributed by atoms with van der Waals surface area (Å²) in [6.45, 7) is 3.03. The van der Waals surface area contributed by atoms with Crippen molar-refractivity contribution < 1.29 is 37.3 Å². The molecule has 6 atom stereocenters. The zero-order chi connectivity index (χ0) is 32.7. The second kappa shape index (κ2) is 14.6. The van der Waals surface area contributed by atoms with Gasteiger partial charge in [0.25, 0.3) is 11.6 Å². The van der Waals surface area contributed by atoms with Crippen LogP contribution in [-0.4, -0.2) is 86.7 Å². The molecular weight excluding hydrogens is 610 g/mol. The van der Waals surface area contributed by atoms with Crippen molar-refractivity contribution in [1.29, 1.82) is 0 Å². The van der Waals surface area contributed by atoms with E-state index in [0.29, 0.717) is 28.9 Å². The van der Waals surface area contributed by atoms with Crippen LogP contribution in [0, 0.1) is 27.9 Å². The van der Waals surface area contributed by atoms with Crippen molar-refractivity contribution in [2.75, 3.05) is 6.61 Å². The minimum atomic E-state index is -4.53. The third-order valence-corrected chi connectivity index (χ3v) is 8.15. The number of ether oxygens (including phenoxy) is 1. The van der Waals surface area contributed by atoms with Crippen molar-refractivity contribution in [2.24, 2.45) is 11.7 Å². The van der Waals surface area contributed by atoms with E-state index in [0.717, 1.165) is 0 Å². The Morgan fingerprint density at radius 3 is 2.56 bits per heavy atom. The molecule has 5 N–H and O–H groups in total. The van der Waals surface area contributed by atoms with E-state index in [4.69, 9.17) is 14.7 Å². The summed E-state index contributed by atoms with van der Waals surface area (Å²) in [4.78, 5) is 23.8. The van der Waals surface area contributed by atoms with Gasteiger partial charge in [-0.3, -0.25) is 19.1 Å². The Kier molecular flexibility index (Phi) is 10.9. The van der Waals surface area contributed by atoms with Gasteiger partial charge in [0, 0.05) is 28.8 Å². The summed E-state index contributed by atoms with van der Waals surface area (Å²) in [5.41, 5.74) is 7.55. The quantitative estimate of drug-likeness (QED) is 0.118. The number of aliphatic hydroxyl groups is 2. The highest BCUT2D eigenvalue weighted by Crippen LogP contribution is 2.25. The highest BCUT2D eigenvalue weighted by molar-refractivity contribution is 7.85. The van der Waals surface area contributed by atoms with Crippen LogP contribution in [0.1, 0.15) is 37.8 Å². The SMILES string of the molecule is CC[C@H](C)[C@H](N)C(=O)NS(=O)(=O)OC[C@H]1O[C@@H](CCn2nnc(-c3ccc(C#Cc4cccc([N+](=O)[O-])c4)cc3)n2)[C@H](O)[C@@H]1O. The lowest BCUT2D eigenvalue weighted by Gasteiger charge is -2.18. The first kappa shape index (κ1) is 33.6. The van der Waals surface area contributed by atoms with Gasteiger partial charge in [-0.25, -0.2) is 4.72 Å². The van der Waals surface area contributed by atoms with E-state index in [9.17, 15) is 33.5 Å². The number of non-ortho nitro benzene ring substituents is 1. The number of nitro benzene ring substituents is 1. The third-order valence-electron chi connectivity index (χ3n) is 7.25. The van der Waals surface area contributed by atoms with E-state index in [1.54, 1.807) is 48.0 Å². The van der Waals surface area contributed by atoms with E-state index in [1.807, 2.05) is 6.92 Å². The van der Waals surface area contributed by atoms with E-state index in [1.165, 1.54) is 16.9 Å². The van der Waals surface area contributed by atoms with Gasteiger partial charge in [-0.05, 0) is 47.9 Å². The molecule has 240 valence electrons. The lowest BCUT2D eigenvalue weighted by molar-refractivity contribution is -0.384. The minimum Gasteiger partial charge on any atom is -0.388 e. The average molecular weight is 644 g/mol. The summed E-state index contributed by atoms with van der Waals surface area (Å²) in [6.07, 6.45) is -4.13. The van der Waals surface area contributed by atoms with Crippen molar-refractivity contribution >= 4 is 21.9 Å². The summed E-state index contributed by atoms with van der Waals surface area (Å²) in [7, 11) is -4.53. The van der Waals surface area contributed by atoms with Crippen molar-refractivity contribution in [2.45, 2.75) is 63.7 Å². The minimum absolute atomic E-state index is 0.0405. The maximum absolute atomic E-state index is 12.2. The second-order valence-corrected chi connectivity index (χ2v) is 11.8. The molecule has 0 aliphatic carbocycles. The van der Waals surface area contributed by atoms with Crippen LogP contribution in [-0.2, 0) is 30.6 Å². The summed E-state index contributed by atoms with van der Waals surface area (Å²) in [5.74, 6) is 5.00. The molecule has 1 aromatic heterocycles. The number of hydrogen-bond donors (Lipinski definition) is 4. The van der Waals surface area contributed by atoms with Crippen LogP contribution in [0.4, 0.5) is 5.69 Å². The highest BCUT2D eigenvalue weighted by atomic mass is 32.2. The molecule has 2 heterocycles. The lowest BCUT2D eigenvalue weighted by Crippen LogP contribution is -2.47. The zero-order valence-corrected chi connectivity index (χ0v) is 25.2. The van der Waals surface area contributed by atoms with Crippen LogP contribution in [0.3, 0.4) is 0 Å². The number of nitrogens with zero attached hydrogens (tertiary/aromatic N) is 5. The monoisotopic (exact) mass is 643 g/mol. The molecule has 45 heavy (non-hydrogen) atoms. The van der Waals surface area contributed by atoms with Gasteiger partial charge in [-0.2, -0.15) is 13.2 Å². The maximum atomic E-state index is 12.2. The molecule has 0 unspecified atom stereocenters. The number of amides is 1. The lowest BCUT2D eigenvalue weighted by atomic mass is 10.00. The maximum Gasteiger partial charge on any atom is 0.362 e. The number of hydrogen-bond acceptors (Lipinski definition) is 13. The fraction of sp³-hybridized carbons (Fsp3) is 0.429. The normalized spacial score (nSPS) is 21.0. The van der Waals surface area contributed by atoms with Crippen LogP contribution in [0.25, 0.3) is 11.4 Å².